The minimum Gasteiger partial charge on any atom is -0.398 e. The molecule has 2 nitrogen and oxygen atoms in total. The number of nitrogens with two attached hydrogens (primary N) is 1. The molecule has 13 heavy (non-hydrogen) atoms. The average Bonchev–Trinajstić information content (AvgIpc) is 2.01. The predicted octanol–water partition coefficient (Wildman–Crippen LogP) is 2.56. The van der Waals surface area contributed by atoms with Crippen LogP contribution in [0.25, 0.3) is 0 Å². The fourth-order valence-corrected chi connectivity index (χ4v) is 0.563. The van der Waals surface area contributed by atoms with Crippen LogP contribution >= 0.6 is 11.6 Å². The van der Waals surface area contributed by atoms with Gasteiger partial charge in [0.1, 0.15) is 5.16 Å². The van der Waals surface area contributed by atoms with Gasteiger partial charge in [-0.3, -0.25) is 4.99 Å². The van der Waals surface area contributed by atoms with Gasteiger partial charge in [0.25, 0.3) is 0 Å². The number of hydrogen-bond acceptors (Lipinski definition) is 2. The maximum atomic E-state index is 12.0. The van der Waals surface area contributed by atoms with Gasteiger partial charge in [0, 0.05) is 5.70 Å². The smallest absolute Gasteiger partial charge is 0.398 e. The molecular weight excluding hydrogens is 205 g/mol. The molecule has 0 radical (unpaired) electrons. The normalized spacial score (nSPS) is 15.3. The third-order valence-electron chi connectivity index (χ3n) is 1.28. The van der Waals surface area contributed by atoms with E-state index >= 15 is 0 Å². The molecule has 0 unspecified atom stereocenters. The van der Waals surface area contributed by atoms with Gasteiger partial charge in [-0.15, -0.1) is 0 Å². The Kier molecular flexibility index (Phi) is 4.00. The van der Waals surface area contributed by atoms with Crippen LogP contribution in [0.1, 0.15) is 6.92 Å². The quantitative estimate of drug-likeness (QED) is 0.426. The molecule has 0 aliphatic rings. The van der Waals surface area contributed by atoms with E-state index in [1.54, 1.807) is 0 Å². The van der Waals surface area contributed by atoms with E-state index in [1.807, 2.05) is 0 Å². The highest BCUT2D eigenvalue weighted by Gasteiger charge is 2.31. The van der Waals surface area contributed by atoms with Gasteiger partial charge in [-0.1, -0.05) is 11.6 Å². The molecule has 2 N–H and O–H groups in total. The summed E-state index contributed by atoms with van der Waals surface area (Å²) < 4.78 is 36.0. The largest absolute Gasteiger partial charge is 0.414 e. The van der Waals surface area contributed by atoms with Crippen molar-refractivity contribution >= 4 is 18.3 Å². The Bertz CT molecular complexity index is 265. The highest BCUT2D eigenvalue weighted by molar-refractivity contribution is 6.29. The Morgan fingerprint density at radius 3 is 2.31 bits per heavy atom. The Labute approximate surface area is 78.6 Å². The fraction of sp³-hybridized carbons (Fsp3) is 0.286. The van der Waals surface area contributed by atoms with E-state index in [9.17, 15) is 13.2 Å². The summed E-state index contributed by atoms with van der Waals surface area (Å²) in [4.78, 5) is 3.19. The highest BCUT2D eigenvalue weighted by Crippen LogP contribution is 2.27. The molecule has 0 spiro atoms. The van der Waals surface area contributed by atoms with E-state index in [0.717, 1.165) is 13.0 Å². The molecule has 74 valence electrons. The second-order valence-electron chi connectivity index (χ2n) is 2.20. The van der Waals surface area contributed by atoms with E-state index < -0.39 is 17.4 Å². The zero-order chi connectivity index (χ0) is 10.6. The van der Waals surface area contributed by atoms with Crippen molar-refractivity contribution in [1.29, 1.82) is 0 Å². The lowest BCUT2D eigenvalue weighted by Crippen LogP contribution is -2.14. The van der Waals surface area contributed by atoms with E-state index in [2.05, 4.69) is 11.7 Å². The second kappa shape index (κ2) is 4.32. The lowest BCUT2D eigenvalue weighted by molar-refractivity contribution is -0.0920. The molecule has 0 aromatic heterocycles. The van der Waals surface area contributed by atoms with E-state index in [-0.39, 0.29) is 5.16 Å². The van der Waals surface area contributed by atoms with E-state index in [1.165, 1.54) is 0 Å². The number of aliphatic imine (C=N–C) groups is 1. The van der Waals surface area contributed by atoms with Crippen LogP contribution in [0.3, 0.4) is 0 Å². The van der Waals surface area contributed by atoms with Crippen LogP contribution in [-0.2, 0) is 0 Å². The maximum Gasteiger partial charge on any atom is 0.414 e. The number of nitrogens with zero attached hydrogens (tertiary/aromatic N) is 1. The molecule has 0 aromatic rings. The topological polar surface area (TPSA) is 38.4 Å². The fourth-order valence-electron chi connectivity index (χ4n) is 0.446. The summed E-state index contributed by atoms with van der Waals surface area (Å²) in [5.41, 5.74) is 3.72. The zero-order valence-corrected chi connectivity index (χ0v) is 7.58. The van der Waals surface area contributed by atoms with Crippen LogP contribution in [0.5, 0.6) is 0 Å². The lowest BCUT2D eigenvalue weighted by atomic mass is 10.2. The second-order valence-corrected chi connectivity index (χ2v) is 2.59. The molecule has 0 aliphatic heterocycles. The number of hydrogen-bond donors (Lipinski definition) is 1. The van der Waals surface area contributed by atoms with Crippen LogP contribution in [0.2, 0.25) is 0 Å². The van der Waals surface area contributed by atoms with Gasteiger partial charge in [0.2, 0.25) is 0 Å². The van der Waals surface area contributed by atoms with Crippen molar-refractivity contribution < 1.29 is 13.2 Å². The summed E-state index contributed by atoms with van der Waals surface area (Å²) in [6.45, 7) is 3.89. The summed E-state index contributed by atoms with van der Waals surface area (Å²) in [6, 6.07) is 0. The van der Waals surface area contributed by atoms with Gasteiger partial charge in [-0.2, -0.15) is 13.2 Å². The van der Waals surface area contributed by atoms with Gasteiger partial charge >= 0.3 is 6.18 Å². The third kappa shape index (κ3) is 3.98. The molecule has 0 heterocycles. The van der Waals surface area contributed by atoms with Gasteiger partial charge in [0.15, 0.2) is 0 Å². The molecule has 6 heteroatoms. The summed E-state index contributed by atoms with van der Waals surface area (Å²) in [5, 5.41) is -0.180. The predicted molar refractivity (Wildman–Crippen MR) is 46.4 cm³/mol. The van der Waals surface area contributed by atoms with Crippen molar-refractivity contribution in [2.24, 2.45) is 10.7 Å². The Morgan fingerprint density at radius 2 is 2.00 bits per heavy atom. The van der Waals surface area contributed by atoms with Crippen molar-refractivity contribution in [3.8, 4) is 0 Å². The first-order valence-corrected chi connectivity index (χ1v) is 3.54. The Morgan fingerprint density at radius 1 is 1.54 bits per heavy atom. The van der Waals surface area contributed by atoms with Crippen LogP contribution in [0, 0.1) is 0 Å². The summed E-state index contributed by atoms with van der Waals surface area (Å²) in [7, 11) is 0. The number of halogens is 4. The summed E-state index contributed by atoms with van der Waals surface area (Å²) in [5.74, 6) is 0. The van der Waals surface area contributed by atoms with Gasteiger partial charge < -0.3 is 5.73 Å². The highest BCUT2D eigenvalue weighted by atomic mass is 35.5. The Balaban J connectivity index is 4.94. The van der Waals surface area contributed by atoms with E-state index in [4.69, 9.17) is 17.3 Å². The number of rotatable bonds is 2. The molecule has 0 atom stereocenters. The van der Waals surface area contributed by atoms with Crippen molar-refractivity contribution in [2.75, 3.05) is 0 Å². The molecule has 0 amide bonds. The van der Waals surface area contributed by atoms with Crippen LogP contribution in [0.15, 0.2) is 27.5 Å². The van der Waals surface area contributed by atoms with Gasteiger partial charge in [0.05, 0.1) is 5.57 Å². The lowest BCUT2D eigenvalue weighted by Gasteiger charge is -2.08. The number of alkyl halides is 3. The Hall–Kier alpha value is -0.970. The molecule has 0 rings (SSSR count). The van der Waals surface area contributed by atoms with Crippen LogP contribution in [-0.4, -0.2) is 12.9 Å². The zero-order valence-electron chi connectivity index (χ0n) is 6.82. The first-order chi connectivity index (χ1) is 5.79. The van der Waals surface area contributed by atoms with Crippen LogP contribution < -0.4 is 5.73 Å². The molecular formula is C7H8ClF3N2. The molecule has 0 saturated carbocycles. The molecule has 0 aromatic carbocycles. The summed E-state index contributed by atoms with van der Waals surface area (Å²) >= 11 is 5.30. The first kappa shape index (κ1) is 12.0. The minimum atomic E-state index is -4.45. The molecule has 0 aliphatic carbocycles. The third-order valence-corrected chi connectivity index (χ3v) is 1.51. The maximum absolute atomic E-state index is 12.0. The summed E-state index contributed by atoms with van der Waals surface area (Å²) in [6.07, 6.45) is -3.55. The monoisotopic (exact) mass is 212 g/mol. The molecule has 0 bridgehead atoms. The van der Waals surface area contributed by atoms with Crippen molar-refractivity contribution in [2.45, 2.75) is 13.1 Å². The SMILES string of the molecule is C=N/C(Cl)=C\C(N)=C(/C)C(F)(F)F. The number of allylic oxidation sites excluding steroid dienone is 2. The average molecular weight is 213 g/mol. The van der Waals surface area contributed by atoms with Crippen LogP contribution in [0.4, 0.5) is 13.2 Å². The standard InChI is InChI=1S/C7H8ClF3N2/c1-4(7(9,10)11)5(12)3-6(8)13-2/h3H,2,12H2,1H3/b5-4-,6-3-. The van der Waals surface area contributed by atoms with Crippen molar-refractivity contribution in [1.82, 2.24) is 0 Å². The van der Waals surface area contributed by atoms with Gasteiger partial charge in [-0.05, 0) is 19.7 Å². The molecule has 0 fully saturated rings. The van der Waals surface area contributed by atoms with E-state index in [0.29, 0.717) is 0 Å². The molecule has 0 saturated heterocycles. The van der Waals surface area contributed by atoms with Crippen molar-refractivity contribution in [3.05, 3.63) is 22.5 Å². The van der Waals surface area contributed by atoms with Crippen molar-refractivity contribution in [3.63, 3.8) is 0 Å². The minimum absolute atomic E-state index is 0.180. The van der Waals surface area contributed by atoms with Gasteiger partial charge in [-0.25, -0.2) is 0 Å². The first-order valence-electron chi connectivity index (χ1n) is 3.16.